The zero-order chi connectivity index (χ0) is 12.0. The molecule has 0 aliphatic rings. The van der Waals surface area contributed by atoms with E-state index in [1.54, 1.807) is 21.3 Å². The minimum absolute atomic E-state index is 0.239. The van der Waals surface area contributed by atoms with Gasteiger partial charge in [-0.15, -0.1) is 0 Å². The molecule has 0 saturated carbocycles. The number of benzene rings is 1. The van der Waals surface area contributed by atoms with E-state index in [1.807, 2.05) is 12.1 Å². The highest BCUT2D eigenvalue weighted by Crippen LogP contribution is 2.26. The minimum Gasteiger partial charge on any atom is -0.507 e. The highest BCUT2D eigenvalue weighted by molar-refractivity contribution is 5.43. The van der Waals surface area contributed by atoms with E-state index in [0.717, 1.165) is 16.7 Å². The Labute approximate surface area is 95.8 Å². The number of rotatable bonds is 6. The topological polar surface area (TPSA) is 47.9 Å². The first-order chi connectivity index (χ1) is 7.72. The lowest BCUT2D eigenvalue weighted by Crippen LogP contribution is -1.99. The Balaban J connectivity index is 3.05. The van der Waals surface area contributed by atoms with Gasteiger partial charge in [-0.3, -0.25) is 0 Å². The molecule has 1 aromatic rings. The fraction of sp³-hybridized carbons (Fsp3) is 0.500. The number of phenolic OH excluding ortho intramolecular Hbond substituents is 1. The van der Waals surface area contributed by atoms with Gasteiger partial charge in [-0.1, -0.05) is 0 Å². The summed E-state index contributed by atoms with van der Waals surface area (Å²) in [4.78, 5) is 0. The van der Waals surface area contributed by atoms with Gasteiger partial charge in [0.1, 0.15) is 5.75 Å². The Bertz CT molecular complexity index is 309. The summed E-state index contributed by atoms with van der Waals surface area (Å²) in [6, 6.07) is 3.75. The van der Waals surface area contributed by atoms with Gasteiger partial charge in [-0.25, -0.2) is 0 Å². The van der Waals surface area contributed by atoms with E-state index in [-0.39, 0.29) is 5.75 Å². The first kappa shape index (κ1) is 13.0. The molecule has 0 radical (unpaired) electrons. The van der Waals surface area contributed by atoms with Gasteiger partial charge in [0.2, 0.25) is 0 Å². The lowest BCUT2D eigenvalue weighted by molar-refractivity contribution is 0.170. The van der Waals surface area contributed by atoms with E-state index in [2.05, 4.69) is 0 Å². The van der Waals surface area contributed by atoms with Gasteiger partial charge in [0.05, 0.1) is 19.8 Å². The molecule has 4 nitrogen and oxygen atoms in total. The fourth-order valence-electron chi connectivity index (χ4n) is 1.61. The highest BCUT2D eigenvalue weighted by Gasteiger charge is 2.09. The number of aromatic hydroxyl groups is 1. The molecule has 4 heteroatoms. The van der Waals surface area contributed by atoms with Crippen LogP contribution in [0.5, 0.6) is 5.75 Å². The van der Waals surface area contributed by atoms with Crippen molar-refractivity contribution in [2.75, 3.05) is 21.3 Å². The van der Waals surface area contributed by atoms with Crippen LogP contribution >= 0.6 is 0 Å². The van der Waals surface area contributed by atoms with Gasteiger partial charge >= 0.3 is 0 Å². The van der Waals surface area contributed by atoms with Crippen LogP contribution in [0.4, 0.5) is 0 Å². The zero-order valence-corrected chi connectivity index (χ0v) is 9.95. The van der Waals surface area contributed by atoms with E-state index in [0.29, 0.717) is 19.8 Å². The second kappa shape index (κ2) is 6.48. The maximum atomic E-state index is 9.94. The predicted octanol–water partition coefficient (Wildman–Crippen LogP) is 1.83. The van der Waals surface area contributed by atoms with Crippen LogP contribution < -0.4 is 0 Å². The Morgan fingerprint density at radius 1 is 0.875 bits per heavy atom. The summed E-state index contributed by atoms with van der Waals surface area (Å²) in [7, 11) is 4.83. The lowest BCUT2D eigenvalue weighted by atomic mass is 10.0. The number of phenols is 1. The van der Waals surface area contributed by atoms with Crippen molar-refractivity contribution >= 4 is 0 Å². The molecular weight excluding hydrogens is 208 g/mol. The first-order valence-corrected chi connectivity index (χ1v) is 5.03. The second-order valence-electron chi connectivity index (χ2n) is 3.56. The van der Waals surface area contributed by atoms with Crippen LogP contribution in [0, 0.1) is 0 Å². The third-order valence-electron chi connectivity index (χ3n) is 2.24. The summed E-state index contributed by atoms with van der Waals surface area (Å²) in [5.41, 5.74) is 2.51. The largest absolute Gasteiger partial charge is 0.507 e. The Morgan fingerprint density at radius 2 is 1.31 bits per heavy atom. The van der Waals surface area contributed by atoms with Gasteiger partial charge in [0.15, 0.2) is 0 Å². The van der Waals surface area contributed by atoms with E-state index in [1.165, 1.54) is 0 Å². The molecular formula is C12H18O4. The van der Waals surface area contributed by atoms with Crippen LogP contribution in [-0.2, 0) is 34.0 Å². The van der Waals surface area contributed by atoms with Crippen molar-refractivity contribution in [3.8, 4) is 5.75 Å². The molecule has 0 aliphatic carbocycles. The average Bonchev–Trinajstić information content (AvgIpc) is 2.26. The molecule has 0 atom stereocenters. The van der Waals surface area contributed by atoms with Gasteiger partial charge in [0.25, 0.3) is 0 Å². The fourth-order valence-corrected chi connectivity index (χ4v) is 1.61. The lowest BCUT2D eigenvalue weighted by Gasteiger charge is -2.12. The minimum atomic E-state index is 0.239. The second-order valence-corrected chi connectivity index (χ2v) is 3.56. The van der Waals surface area contributed by atoms with Crippen LogP contribution in [0.3, 0.4) is 0 Å². The van der Waals surface area contributed by atoms with Crippen molar-refractivity contribution in [1.29, 1.82) is 0 Å². The molecule has 0 aliphatic heterocycles. The predicted molar refractivity (Wildman–Crippen MR) is 60.2 cm³/mol. The van der Waals surface area contributed by atoms with E-state index < -0.39 is 0 Å². The van der Waals surface area contributed by atoms with Crippen LogP contribution in [0.25, 0.3) is 0 Å². The molecule has 0 saturated heterocycles. The summed E-state index contributed by atoms with van der Waals surface area (Å²) in [6.07, 6.45) is 0. The molecule has 0 heterocycles. The molecule has 90 valence electrons. The van der Waals surface area contributed by atoms with Crippen LogP contribution in [0.2, 0.25) is 0 Å². The average molecular weight is 226 g/mol. The molecule has 0 unspecified atom stereocenters. The van der Waals surface area contributed by atoms with Crippen molar-refractivity contribution in [2.24, 2.45) is 0 Å². The Morgan fingerprint density at radius 3 is 1.69 bits per heavy atom. The number of methoxy groups -OCH3 is 3. The van der Waals surface area contributed by atoms with Crippen molar-refractivity contribution in [3.05, 3.63) is 28.8 Å². The van der Waals surface area contributed by atoms with E-state index in [4.69, 9.17) is 14.2 Å². The zero-order valence-electron chi connectivity index (χ0n) is 9.95. The number of ether oxygens (including phenoxy) is 3. The van der Waals surface area contributed by atoms with Crippen molar-refractivity contribution in [3.63, 3.8) is 0 Å². The Hall–Kier alpha value is -1.10. The Kier molecular flexibility index (Phi) is 5.25. The summed E-state index contributed by atoms with van der Waals surface area (Å²) in [5, 5.41) is 9.94. The molecule has 1 N–H and O–H groups in total. The van der Waals surface area contributed by atoms with E-state index in [9.17, 15) is 5.11 Å². The molecule has 0 amide bonds. The molecule has 0 fully saturated rings. The monoisotopic (exact) mass is 226 g/mol. The maximum Gasteiger partial charge on any atom is 0.126 e. The molecule has 0 aromatic heterocycles. The molecule has 0 bridgehead atoms. The standard InChI is InChI=1S/C12H18O4/c1-14-6-9-4-10(7-15-2)12(13)11(5-9)8-16-3/h4-5,13H,6-8H2,1-3H3. The SMILES string of the molecule is COCc1cc(COC)c(O)c(COC)c1. The number of hydrogen-bond acceptors (Lipinski definition) is 4. The number of hydrogen-bond donors (Lipinski definition) is 1. The van der Waals surface area contributed by atoms with Gasteiger partial charge in [-0.2, -0.15) is 0 Å². The molecule has 0 spiro atoms. The molecule has 16 heavy (non-hydrogen) atoms. The summed E-state index contributed by atoms with van der Waals surface area (Å²) in [6.45, 7) is 1.26. The van der Waals surface area contributed by atoms with Gasteiger partial charge in [0, 0.05) is 32.5 Å². The van der Waals surface area contributed by atoms with Gasteiger partial charge < -0.3 is 19.3 Å². The third kappa shape index (κ3) is 3.20. The summed E-state index contributed by atoms with van der Waals surface area (Å²) >= 11 is 0. The third-order valence-corrected chi connectivity index (χ3v) is 2.24. The van der Waals surface area contributed by atoms with Crippen molar-refractivity contribution in [1.82, 2.24) is 0 Å². The van der Waals surface area contributed by atoms with Crippen LogP contribution in [0.1, 0.15) is 16.7 Å². The van der Waals surface area contributed by atoms with Crippen molar-refractivity contribution in [2.45, 2.75) is 19.8 Å². The molecule has 1 aromatic carbocycles. The highest BCUT2D eigenvalue weighted by atomic mass is 16.5. The normalized spacial score (nSPS) is 10.7. The van der Waals surface area contributed by atoms with E-state index >= 15 is 0 Å². The first-order valence-electron chi connectivity index (χ1n) is 5.03. The summed E-state index contributed by atoms with van der Waals surface area (Å²) in [5.74, 6) is 0.239. The quantitative estimate of drug-likeness (QED) is 0.804. The summed E-state index contributed by atoms with van der Waals surface area (Å²) < 4.78 is 15.1. The smallest absolute Gasteiger partial charge is 0.126 e. The molecule has 1 rings (SSSR count). The van der Waals surface area contributed by atoms with Gasteiger partial charge in [-0.05, 0) is 17.7 Å². The van der Waals surface area contributed by atoms with Crippen molar-refractivity contribution < 1.29 is 19.3 Å². The van der Waals surface area contributed by atoms with Crippen LogP contribution in [-0.4, -0.2) is 26.4 Å². The van der Waals surface area contributed by atoms with Crippen LogP contribution in [0.15, 0.2) is 12.1 Å². The maximum absolute atomic E-state index is 9.94.